The molecule has 5 heteroatoms. The summed E-state index contributed by atoms with van der Waals surface area (Å²) in [6.07, 6.45) is 0.789. The van der Waals surface area contributed by atoms with Gasteiger partial charge in [0, 0.05) is 12.8 Å². The van der Waals surface area contributed by atoms with Crippen LogP contribution >= 0.6 is 0 Å². The Morgan fingerprint density at radius 1 is 1.32 bits per heavy atom. The third-order valence-corrected chi connectivity index (χ3v) is 3.56. The molecule has 1 rings (SSSR count). The van der Waals surface area contributed by atoms with E-state index in [4.69, 9.17) is 0 Å². The summed E-state index contributed by atoms with van der Waals surface area (Å²) in [5, 5.41) is 0. The third-order valence-electron chi connectivity index (χ3n) is 3.56. The van der Waals surface area contributed by atoms with Crippen molar-refractivity contribution in [2.24, 2.45) is 17.3 Å². The number of esters is 1. The zero-order chi connectivity index (χ0) is 14.8. The van der Waals surface area contributed by atoms with Gasteiger partial charge in [0.2, 0.25) is 0 Å². The van der Waals surface area contributed by atoms with Crippen molar-refractivity contribution in [3.05, 3.63) is 0 Å². The van der Waals surface area contributed by atoms with E-state index in [1.807, 2.05) is 0 Å². The van der Waals surface area contributed by atoms with Gasteiger partial charge >= 0.3 is 5.97 Å². The molecule has 0 aliphatic heterocycles. The van der Waals surface area contributed by atoms with Crippen molar-refractivity contribution in [3.63, 3.8) is 0 Å². The van der Waals surface area contributed by atoms with Crippen LogP contribution in [0, 0.1) is 17.3 Å². The van der Waals surface area contributed by atoms with Crippen LogP contribution in [0.3, 0.4) is 0 Å². The van der Waals surface area contributed by atoms with Gasteiger partial charge in [-0.3, -0.25) is 19.2 Å². The highest BCUT2D eigenvalue weighted by atomic mass is 16.5. The van der Waals surface area contributed by atoms with Crippen LogP contribution < -0.4 is 0 Å². The second-order valence-electron chi connectivity index (χ2n) is 5.64. The number of carbonyl (C=O) groups excluding carboxylic acids is 4. The number of hydrogen-bond donors (Lipinski definition) is 0. The average molecular weight is 268 g/mol. The fourth-order valence-electron chi connectivity index (χ4n) is 2.65. The van der Waals surface area contributed by atoms with Gasteiger partial charge in [0.1, 0.15) is 11.8 Å². The van der Waals surface area contributed by atoms with Gasteiger partial charge in [-0.25, -0.2) is 0 Å². The summed E-state index contributed by atoms with van der Waals surface area (Å²) in [6, 6.07) is 0. The quantitative estimate of drug-likeness (QED) is 0.568. The minimum atomic E-state index is -1.28. The van der Waals surface area contributed by atoms with Crippen LogP contribution in [0.2, 0.25) is 0 Å². The van der Waals surface area contributed by atoms with Crippen molar-refractivity contribution >= 4 is 23.3 Å². The molecule has 0 aromatic heterocycles. The van der Waals surface area contributed by atoms with Crippen LogP contribution in [0.25, 0.3) is 0 Å². The van der Waals surface area contributed by atoms with Crippen LogP contribution in [-0.4, -0.2) is 30.4 Å². The monoisotopic (exact) mass is 268 g/mol. The summed E-state index contributed by atoms with van der Waals surface area (Å²) in [5.74, 6) is -4.36. The summed E-state index contributed by atoms with van der Waals surface area (Å²) in [5.41, 5.74) is -0.801. The Kier molecular flexibility index (Phi) is 4.61. The molecule has 1 aliphatic rings. The maximum absolute atomic E-state index is 12.3. The van der Waals surface area contributed by atoms with E-state index in [9.17, 15) is 19.2 Å². The zero-order valence-electron chi connectivity index (χ0n) is 11.8. The lowest BCUT2D eigenvalue weighted by molar-refractivity contribution is -0.161. The first kappa shape index (κ1) is 15.5. The van der Waals surface area contributed by atoms with Crippen molar-refractivity contribution in [2.75, 3.05) is 7.11 Å². The van der Waals surface area contributed by atoms with Gasteiger partial charge in [-0.15, -0.1) is 0 Å². The Bertz CT molecular complexity index is 422. The molecule has 1 fully saturated rings. The lowest BCUT2D eigenvalue weighted by Gasteiger charge is -2.37. The molecule has 106 valence electrons. The van der Waals surface area contributed by atoms with Crippen LogP contribution in [0.4, 0.5) is 0 Å². The molecule has 0 aromatic rings. The lowest BCUT2D eigenvalue weighted by Crippen LogP contribution is -2.51. The van der Waals surface area contributed by atoms with Gasteiger partial charge in [0.25, 0.3) is 0 Å². The molecule has 1 aliphatic carbocycles. The fourth-order valence-corrected chi connectivity index (χ4v) is 2.65. The number of ether oxygens (including phenoxy) is 1. The van der Waals surface area contributed by atoms with E-state index >= 15 is 0 Å². The summed E-state index contributed by atoms with van der Waals surface area (Å²) in [6.45, 7) is 5.15. The molecule has 0 radical (unpaired) electrons. The largest absolute Gasteiger partial charge is 0.468 e. The second-order valence-corrected chi connectivity index (χ2v) is 5.64. The summed E-state index contributed by atoms with van der Waals surface area (Å²) < 4.78 is 4.64. The Labute approximate surface area is 112 Å². The van der Waals surface area contributed by atoms with Gasteiger partial charge in [-0.05, 0) is 11.8 Å². The molecule has 2 unspecified atom stereocenters. The molecule has 0 aromatic carbocycles. The van der Waals surface area contributed by atoms with Crippen molar-refractivity contribution in [2.45, 2.75) is 40.0 Å². The minimum Gasteiger partial charge on any atom is -0.468 e. The molecule has 1 saturated carbocycles. The van der Waals surface area contributed by atoms with E-state index in [2.05, 4.69) is 4.74 Å². The van der Waals surface area contributed by atoms with Crippen LogP contribution in [0.1, 0.15) is 40.0 Å². The Morgan fingerprint density at radius 2 is 1.89 bits per heavy atom. The van der Waals surface area contributed by atoms with Gasteiger partial charge in [0.05, 0.1) is 7.11 Å². The van der Waals surface area contributed by atoms with Crippen molar-refractivity contribution in [3.8, 4) is 0 Å². The number of methoxy groups -OCH3 is 1. The number of ketones is 3. The average Bonchev–Trinajstić information content (AvgIpc) is 2.26. The van der Waals surface area contributed by atoms with Crippen LogP contribution in [0.15, 0.2) is 0 Å². The first-order valence-electron chi connectivity index (χ1n) is 6.43. The van der Waals surface area contributed by atoms with E-state index in [1.165, 1.54) is 7.11 Å². The second kappa shape index (κ2) is 5.63. The number of hydrogen-bond acceptors (Lipinski definition) is 5. The maximum atomic E-state index is 12.3. The SMILES string of the molecule is CCCC(=O)C1C(=O)CC(C)(C)C(C(=O)OC)C1=O. The Balaban J connectivity index is 3.12. The predicted octanol–water partition coefficient (Wildman–Crippen LogP) is 1.33. The van der Waals surface area contributed by atoms with Gasteiger partial charge in [-0.1, -0.05) is 20.8 Å². The molecule has 0 saturated heterocycles. The molecule has 0 spiro atoms. The molecule has 0 heterocycles. The molecule has 0 N–H and O–H groups in total. The number of Topliss-reactive ketones (excluding diaryl/α,β-unsaturated/α-hetero) is 3. The Morgan fingerprint density at radius 3 is 2.37 bits per heavy atom. The van der Waals surface area contributed by atoms with E-state index in [0.29, 0.717) is 6.42 Å². The fraction of sp³-hybridized carbons (Fsp3) is 0.714. The normalized spacial score (nSPS) is 26.1. The highest BCUT2D eigenvalue weighted by Crippen LogP contribution is 2.40. The van der Waals surface area contributed by atoms with Gasteiger partial charge in [0.15, 0.2) is 17.3 Å². The summed E-state index contributed by atoms with van der Waals surface area (Å²) >= 11 is 0. The molecular weight excluding hydrogens is 248 g/mol. The number of rotatable bonds is 4. The third kappa shape index (κ3) is 2.91. The summed E-state index contributed by atoms with van der Waals surface area (Å²) in [7, 11) is 1.20. The van der Waals surface area contributed by atoms with Gasteiger partial charge < -0.3 is 4.74 Å². The van der Waals surface area contributed by atoms with Crippen molar-refractivity contribution in [1.82, 2.24) is 0 Å². The minimum absolute atomic E-state index is 0.0403. The molecule has 19 heavy (non-hydrogen) atoms. The molecule has 2 atom stereocenters. The molecule has 0 amide bonds. The smallest absolute Gasteiger partial charge is 0.316 e. The number of carbonyl (C=O) groups is 4. The predicted molar refractivity (Wildman–Crippen MR) is 67.3 cm³/mol. The van der Waals surface area contributed by atoms with Crippen LogP contribution in [-0.2, 0) is 23.9 Å². The topological polar surface area (TPSA) is 77.5 Å². The van der Waals surface area contributed by atoms with Crippen molar-refractivity contribution in [1.29, 1.82) is 0 Å². The van der Waals surface area contributed by atoms with Gasteiger partial charge in [-0.2, -0.15) is 0 Å². The highest BCUT2D eigenvalue weighted by Gasteiger charge is 2.53. The first-order valence-corrected chi connectivity index (χ1v) is 6.43. The standard InChI is InChI=1S/C14H20O5/c1-5-6-8(15)10-9(16)7-14(2,3)11(12(10)17)13(18)19-4/h10-11H,5-7H2,1-4H3. The summed E-state index contributed by atoms with van der Waals surface area (Å²) in [4.78, 5) is 48.0. The lowest BCUT2D eigenvalue weighted by atomic mass is 9.63. The molecule has 5 nitrogen and oxygen atoms in total. The van der Waals surface area contributed by atoms with E-state index in [1.54, 1.807) is 20.8 Å². The van der Waals surface area contributed by atoms with Crippen LogP contribution in [0.5, 0.6) is 0 Å². The van der Waals surface area contributed by atoms with E-state index < -0.39 is 29.0 Å². The Hall–Kier alpha value is -1.52. The first-order chi connectivity index (χ1) is 8.76. The van der Waals surface area contributed by atoms with E-state index in [0.717, 1.165) is 0 Å². The molecular formula is C14H20O5. The zero-order valence-corrected chi connectivity index (χ0v) is 11.8. The highest BCUT2D eigenvalue weighted by molar-refractivity contribution is 6.25. The maximum Gasteiger partial charge on any atom is 0.316 e. The van der Waals surface area contributed by atoms with E-state index in [-0.39, 0.29) is 24.4 Å². The van der Waals surface area contributed by atoms with Crippen molar-refractivity contribution < 1.29 is 23.9 Å². The molecule has 0 bridgehead atoms.